The molecule has 0 radical (unpaired) electrons. The van der Waals surface area contributed by atoms with Gasteiger partial charge in [-0.2, -0.15) is 11.8 Å². The van der Waals surface area contributed by atoms with E-state index in [4.69, 9.17) is 5.73 Å². The van der Waals surface area contributed by atoms with E-state index >= 15 is 0 Å². The van der Waals surface area contributed by atoms with E-state index in [9.17, 15) is 29.4 Å². The maximum Gasteiger partial charge on any atom is 0.326 e. The second-order valence-corrected chi connectivity index (χ2v) is 11.5. The van der Waals surface area contributed by atoms with Gasteiger partial charge in [-0.3, -0.25) is 14.4 Å². The Morgan fingerprint density at radius 3 is 2.21 bits per heavy atom. The Labute approximate surface area is 255 Å². The van der Waals surface area contributed by atoms with Crippen LogP contribution in [0.3, 0.4) is 0 Å². The van der Waals surface area contributed by atoms with Crippen molar-refractivity contribution in [2.45, 2.75) is 69.6 Å². The molecule has 0 aliphatic carbocycles. The fourth-order valence-electron chi connectivity index (χ4n) is 4.70. The van der Waals surface area contributed by atoms with Crippen LogP contribution in [0.4, 0.5) is 0 Å². The number of hydrogen-bond donors (Lipinski definition) is 7. The Hall–Kier alpha value is -4.03. The number of rotatable bonds is 17. The molecule has 0 bridgehead atoms. The van der Waals surface area contributed by atoms with Gasteiger partial charge in [0.15, 0.2) is 0 Å². The molecule has 0 aliphatic heterocycles. The standard InChI is InChI=1S/C31H41N5O6S/c1-3-4-8-25(34-28(38)23(32)17-20-18-33-24-9-6-5-7-22(20)24)29(39)36-27(16-19-10-12-21(37)13-11-19)30(40)35-26(31(41)42)14-15-43-2/h5-7,9-13,18,23,25-27,33,37H,3-4,8,14-17,32H2,1-2H3,(H,34,38)(H,35,40)(H,36,39)(H,41,42)/t23-,25-,26-,27-/m0/s1. The molecule has 0 fully saturated rings. The number of benzene rings is 2. The summed E-state index contributed by atoms with van der Waals surface area (Å²) in [7, 11) is 0. The monoisotopic (exact) mass is 611 g/mol. The maximum absolute atomic E-state index is 13.5. The molecule has 0 spiro atoms. The largest absolute Gasteiger partial charge is 0.508 e. The average molecular weight is 612 g/mol. The van der Waals surface area contributed by atoms with Crippen LogP contribution >= 0.6 is 11.8 Å². The number of carbonyl (C=O) groups is 4. The quantitative estimate of drug-likeness (QED) is 0.121. The van der Waals surface area contributed by atoms with Crippen LogP contribution in [-0.2, 0) is 32.0 Å². The Morgan fingerprint density at radius 1 is 0.884 bits per heavy atom. The number of carbonyl (C=O) groups excluding carboxylic acids is 3. The summed E-state index contributed by atoms with van der Waals surface area (Å²) in [5, 5.41) is 28.3. The van der Waals surface area contributed by atoms with Gasteiger partial charge in [-0.25, -0.2) is 4.79 Å². The van der Waals surface area contributed by atoms with E-state index in [1.807, 2.05) is 43.6 Å². The Bertz CT molecular complexity index is 1380. The molecule has 43 heavy (non-hydrogen) atoms. The average Bonchev–Trinajstić information content (AvgIpc) is 3.40. The third-order valence-electron chi connectivity index (χ3n) is 7.17. The van der Waals surface area contributed by atoms with Crippen molar-refractivity contribution in [1.82, 2.24) is 20.9 Å². The minimum absolute atomic E-state index is 0.0429. The first-order chi connectivity index (χ1) is 20.6. The lowest BCUT2D eigenvalue weighted by Crippen LogP contribution is -2.57. The molecule has 232 valence electrons. The van der Waals surface area contributed by atoms with Crippen LogP contribution in [0.2, 0.25) is 0 Å². The van der Waals surface area contributed by atoms with Gasteiger partial charge in [-0.15, -0.1) is 0 Å². The second-order valence-electron chi connectivity index (χ2n) is 10.5. The van der Waals surface area contributed by atoms with Crippen molar-refractivity contribution >= 4 is 46.4 Å². The predicted molar refractivity (Wildman–Crippen MR) is 168 cm³/mol. The number of aliphatic carboxylic acids is 1. The highest BCUT2D eigenvalue weighted by molar-refractivity contribution is 7.98. The van der Waals surface area contributed by atoms with Gasteiger partial charge in [0.25, 0.3) is 0 Å². The number of carboxylic acids is 1. The molecule has 3 amide bonds. The summed E-state index contributed by atoms with van der Waals surface area (Å²) in [4.78, 5) is 55.0. The molecule has 0 aliphatic rings. The fourth-order valence-corrected chi connectivity index (χ4v) is 5.17. The van der Waals surface area contributed by atoms with Crippen LogP contribution in [0, 0.1) is 0 Å². The van der Waals surface area contributed by atoms with Gasteiger partial charge in [-0.1, -0.05) is 50.1 Å². The SMILES string of the molecule is CCCC[C@H](NC(=O)[C@@H](N)Cc1c[nH]c2ccccc12)C(=O)N[C@@H](Cc1ccc(O)cc1)C(=O)N[C@@H](CCSC)C(=O)O. The molecule has 12 heteroatoms. The second kappa shape index (κ2) is 16.6. The molecule has 4 atom stereocenters. The summed E-state index contributed by atoms with van der Waals surface area (Å²) in [5.74, 6) is -2.33. The van der Waals surface area contributed by atoms with Gasteiger partial charge in [0, 0.05) is 23.5 Å². The number of nitrogens with two attached hydrogens (primary N) is 1. The highest BCUT2D eigenvalue weighted by Crippen LogP contribution is 2.19. The Balaban J connectivity index is 1.75. The Kier molecular flexibility index (Phi) is 12.9. The highest BCUT2D eigenvalue weighted by atomic mass is 32.2. The van der Waals surface area contributed by atoms with Crippen molar-refractivity contribution in [3.05, 3.63) is 65.9 Å². The zero-order chi connectivity index (χ0) is 31.4. The van der Waals surface area contributed by atoms with Crippen molar-refractivity contribution in [2.75, 3.05) is 12.0 Å². The normalized spacial score (nSPS) is 13.9. The minimum Gasteiger partial charge on any atom is -0.508 e. The lowest BCUT2D eigenvalue weighted by molar-refractivity contribution is -0.142. The molecule has 1 aromatic heterocycles. The number of para-hydroxylation sites is 1. The van der Waals surface area contributed by atoms with E-state index in [0.29, 0.717) is 24.2 Å². The number of aromatic hydroxyl groups is 1. The van der Waals surface area contributed by atoms with Gasteiger partial charge < -0.3 is 36.9 Å². The van der Waals surface area contributed by atoms with Gasteiger partial charge >= 0.3 is 5.97 Å². The number of thioether (sulfide) groups is 1. The van der Waals surface area contributed by atoms with Gasteiger partial charge in [0.2, 0.25) is 17.7 Å². The van der Waals surface area contributed by atoms with Gasteiger partial charge in [0.1, 0.15) is 23.9 Å². The number of nitrogens with one attached hydrogen (secondary N) is 4. The first kappa shape index (κ1) is 33.5. The van der Waals surface area contributed by atoms with E-state index in [2.05, 4.69) is 20.9 Å². The maximum atomic E-state index is 13.5. The lowest BCUT2D eigenvalue weighted by Gasteiger charge is -2.25. The van der Waals surface area contributed by atoms with E-state index < -0.39 is 47.9 Å². The minimum atomic E-state index is -1.17. The molecule has 0 unspecified atom stereocenters. The zero-order valence-electron chi connectivity index (χ0n) is 24.5. The van der Waals surface area contributed by atoms with E-state index in [0.717, 1.165) is 22.9 Å². The number of phenolic OH excluding ortho intramolecular Hbond substituents is 1. The molecule has 8 N–H and O–H groups in total. The third-order valence-corrected chi connectivity index (χ3v) is 7.81. The van der Waals surface area contributed by atoms with Gasteiger partial charge in [-0.05, 0) is 60.6 Å². The fraction of sp³-hybridized carbons (Fsp3) is 0.419. The summed E-state index contributed by atoms with van der Waals surface area (Å²) in [6, 6.07) is 9.72. The third kappa shape index (κ3) is 10.0. The highest BCUT2D eigenvalue weighted by Gasteiger charge is 2.30. The Morgan fingerprint density at radius 2 is 1.53 bits per heavy atom. The summed E-state index contributed by atoms with van der Waals surface area (Å²) in [6.45, 7) is 1.96. The molecule has 3 aromatic rings. The topological polar surface area (TPSA) is 187 Å². The lowest BCUT2D eigenvalue weighted by atomic mass is 10.0. The van der Waals surface area contributed by atoms with Crippen LogP contribution in [-0.4, -0.2) is 75.1 Å². The van der Waals surface area contributed by atoms with Crippen LogP contribution in [0.1, 0.15) is 43.7 Å². The molecular formula is C31H41N5O6S. The number of phenols is 1. The number of unbranched alkanes of at least 4 members (excludes halogenated alkanes) is 1. The van der Waals surface area contributed by atoms with Crippen LogP contribution in [0.5, 0.6) is 5.75 Å². The smallest absolute Gasteiger partial charge is 0.326 e. The van der Waals surface area contributed by atoms with Crippen LogP contribution in [0.15, 0.2) is 54.7 Å². The number of fused-ring (bicyclic) bond motifs is 1. The van der Waals surface area contributed by atoms with E-state index in [1.165, 1.54) is 23.9 Å². The zero-order valence-corrected chi connectivity index (χ0v) is 25.3. The predicted octanol–water partition coefficient (Wildman–Crippen LogP) is 2.47. The first-order valence-corrected chi connectivity index (χ1v) is 15.7. The summed E-state index contributed by atoms with van der Waals surface area (Å²) in [6.07, 6.45) is 5.91. The molecule has 1 heterocycles. The van der Waals surface area contributed by atoms with Crippen molar-refractivity contribution in [3.63, 3.8) is 0 Å². The number of aromatic amines is 1. The number of hydrogen-bond acceptors (Lipinski definition) is 7. The van der Waals surface area contributed by atoms with E-state index in [-0.39, 0.29) is 25.0 Å². The van der Waals surface area contributed by atoms with Crippen LogP contribution in [0.25, 0.3) is 10.9 Å². The number of aromatic nitrogens is 1. The molecular weight excluding hydrogens is 570 g/mol. The van der Waals surface area contributed by atoms with Crippen LogP contribution < -0.4 is 21.7 Å². The summed E-state index contributed by atoms with van der Waals surface area (Å²) in [5.41, 5.74) is 8.72. The van der Waals surface area contributed by atoms with E-state index in [1.54, 1.807) is 12.1 Å². The number of carboxylic acid groups (broad SMARTS) is 1. The number of H-pyrrole nitrogens is 1. The van der Waals surface area contributed by atoms with Gasteiger partial charge in [0.05, 0.1) is 6.04 Å². The molecule has 11 nitrogen and oxygen atoms in total. The number of amides is 3. The molecule has 2 aromatic carbocycles. The van der Waals surface area contributed by atoms with Crippen molar-refractivity contribution in [1.29, 1.82) is 0 Å². The van der Waals surface area contributed by atoms with Crippen molar-refractivity contribution in [3.8, 4) is 5.75 Å². The summed E-state index contributed by atoms with van der Waals surface area (Å²) >= 11 is 1.46. The molecule has 3 rings (SSSR count). The molecule has 0 saturated carbocycles. The first-order valence-electron chi connectivity index (χ1n) is 14.3. The molecule has 0 saturated heterocycles. The summed E-state index contributed by atoms with van der Waals surface area (Å²) < 4.78 is 0. The van der Waals surface area contributed by atoms with Crippen molar-refractivity contribution < 1.29 is 29.4 Å². The van der Waals surface area contributed by atoms with Crippen molar-refractivity contribution in [2.24, 2.45) is 5.73 Å².